The Kier molecular flexibility index (Phi) is 11.1. The fraction of sp³-hybridized carbons (Fsp3) is 0.321. The van der Waals surface area contributed by atoms with E-state index in [2.05, 4.69) is 28.0 Å². The summed E-state index contributed by atoms with van der Waals surface area (Å²) in [6.07, 6.45) is -12.3. The van der Waals surface area contributed by atoms with Crippen LogP contribution < -0.4 is 16.3 Å². The molecule has 1 heterocycles. The van der Waals surface area contributed by atoms with Crippen LogP contribution in [0.4, 0.5) is 31.1 Å². The van der Waals surface area contributed by atoms with E-state index in [1.54, 1.807) is 6.92 Å². The molecule has 44 heavy (non-hydrogen) atoms. The molecule has 3 rings (SSSR count). The molecule has 0 aliphatic rings. The number of nitrogens with one attached hydrogen (secondary N) is 2. The molecule has 1 atom stereocenters. The van der Waals surface area contributed by atoms with E-state index in [-0.39, 0.29) is 23.6 Å². The van der Waals surface area contributed by atoms with Gasteiger partial charge in [0.15, 0.2) is 5.82 Å². The van der Waals surface area contributed by atoms with E-state index in [4.69, 9.17) is 16.3 Å². The number of hydrogen-bond donors (Lipinski definition) is 2. The van der Waals surface area contributed by atoms with Crippen LogP contribution in [0, 0.1) is 0 Å². The number of carbonyl (C=O) groups is 2. The van der Waals surface area contributed by atoms with Gasteiger partial charge in [0, 0.05) is 30.0 Å². The Morgan fingerprint density at radius 3 is 2.34 bits per heavy atom. The fourth-order valence-electron chi connectivity index (χ4n) is 4.08. The van der Waals surface area contributed by atoms with Gasteiger partial charge in [0.25, 0.3) is 0 Å². The van der Waals surface area contributed by atoms with Gasteiger partial charge in [-0.25, -0.2) is 18.8 Å². The standard InChI is InChI=1S/C28H26ClF6N5O4/c1-3-19(13-14-27(30,31)32)40-24(17-9-11-18(29)12-10-17)38-39(26(40)43)15-23(41)37-22(16-44-25(42)36-4-2)20-7-5-6-8-21(20)28(33,34)35/h5-12,22H,1,4,13-16H2,2H3,(H,36,42)(H,37,41). The lowest BCUT2D eigenvalue weighted by Gasteiger charge is -2.23. The van der Waals surface area contributed by atoms with Crippen LogP contribution >= 0.6 is 11.6 Å². The van der Waals surface area contributed by atoms with Gasteiger partial charge in [-0.3, -0.25) is 4.79 Å². The van der Waals surface area contributed by atoms with Crippen LogP contribution in [0.5, 0.6) is 0 Å². The monoisotopic (exact) mass is 645 g/mol. The van der Waals surface area contributed by atoms with Gasteiger partial charge in [-0.05, 0) is 42.8 Å². The number of halogens is 7. The van der Waals surface area contributed by atoms with E-state index in [0.29, 0.717) is 9.70 Å². The summed E-state index contributed by atoms with van der Waals surface area (Å²) in [5.74, 6) is -1.17. The Bertz CT molecular complexity index is 1590. The number of rotatable bonds is 11. The molecule has 0 bridgehead atoms. The molecule has 1 unspecified atom stereocenters. The van der Waals surface area contributed by atoms with Crippen LogP contribution in [-0.2, 0) is 22.3 Å². The number of allylic oxidation sites excluding steroid dienone is 1. The van der Waals surface area contributed by atoms with E-state index in [1.807, 2.05) is 0 Å². The van der Waals surface area contributed by atoms with E-state index in [0.717, 1.165) is 22.8 Å². The van der Waals surface area contributed by atoms with Gasteiger partial charge in [-0.1, -0.05) is 36.4 Å². The van der Waals surface area contributed by atoms with Crippen molar-refractivity contribution < 1.29 is 40.7 Å². The molecule has 1 aromatic heterocycles. The van der Waals surface area contributed by atoms with Crippen molar-refractivity contribution >= 4 is 29.3 Å². The minimum atomic E-state index is -4.82. The van der Waals surface area contributed by atoms with Crippen LogP contribution in [-0.4, -0.2) is 45.7 Å². The zero-order chi connectivity index (χ0) is 32.7. The molecule has 0 saturated heterocycles. The van der Waals surface area contributed by atoms with E-state index >= 15 is 0 Å². The molecule has 2 aromatic carbocycles. The molecule has 236 valence electrons. The Labute approximate surface area is 251 Å². The maximum Gasteiger partial charge on any atom is 0.416 e. The third kappa shape index (κ3) is 9.01. The van der Waals surface area contributed by atoms with Crippen molar-refractivity contribution in [2.45, 2.75) is 44.7 Å². The molecule has 0 spiro atoms. The zero-order valence-electron chi connectivity index (χ0n) is 23.1. The molecule has 0 radical (unpaired) electrons. The number of hydrogen-bond acceptors (Lipinski definition) is 5. The van der Waals surface area contributed by atoms with Crippen LogP contribution in [0.25, 0.3) is 17.1 Å². The second-order valence-corrected chi connectivity index (χ2v) is 9.62. The highest BCUT2D eigenvalue weighted by Crippen LogP contribution is 2.35. The summed E-state index contributed by atoms with van der Waals surface area (Å²) < 4.78 is 86.7. The number of amides is 2. The Balaban J connectivity index is 2.00. The van der Waals surface area contributed by atoms with Crippen LogP contribution in [0.1, 0.15) is 36.9 Å². The summed E-state index contributed by atoms with van der Waals surface area (Å²) >= 11 is 5.93. The second kappa shape index (κ2) is 14.3. The maximum atomic E-state index is 13.8. The number of ether oxygens (including phenoxy) is 1. The number of alkyl halides is 6. The Morgan fingerprint density at radius 1 is 1.09 bits per heavy atom. The molecule has 9 nitrogen and oxygen atoms in total. The van der Waals surface area contributed by atoms with Crippen LogP contribution in [0.2, 0.25) is 5.02 Å². The number of benzene rings is 2. The van der Waals surface area contributed by atoms with Gasteiger partial charge in [0.2, 0.25) is 5.91 Å². The molecule has 2 amide bonds. The summed E-state index contributed by atoms with van der Waals surface area (Å²) in [4.78, 5) is 38.4. The Morgan fingerprint density at radius 2 is 1.75 bits per heavy atom. The zero-order valence-corrected chi connectivity index (χ0v) is 23.8. The van der Waals surface area contributed by atoms with Crippen molar-refractivity contribution in [1.82, 2.24) is 25.0 Å². The Hall–Kier alpha value is -4.49. The highest BCUT2D eigenvalue weighted by molar-refractivity contribution is 6.30. The van der Waals surface area contributed by atoms with Crippen molar-refractivity contribution in [1.29, 1.82) is 0 Å². The lowest BCUT2D eigenvalue weighted by Crippen LogP contribution is -2.39. The van der Waals surface area contributed by atoms with Crippen molar-refractivity contribution in [3.8, 4) is 11.4 Å². The summed E-state index contributed by atoms with van der Waals surface area (Å²) in [6.45, 7) is 3.57. The highest BCUT2D eigenvalue weighted by Gasteiger charge is 2.36. The number of aromatic nitrogens is 3. The topological polar surface area (TPSA) is 107 Å². The largest absolute Gasteiger partial charge is 0.447 e. The summed E-state index contributed by atoms with van der Waals surface area (Å²) in [6, 6.07) is 8.59. The SMILES string of the molecule is C=C=C(CCC(F)(F)F)n1c(-c2ccc(Cl)cc2)nn(CC(=O)NC(COC(=O)NCC)c2ccccc2C(F)(F)F)c1=O. The van der Waals surface area contributed by atoms with Gasteiger partial charge in [-0.2, -0.15) is 26.3 Å². The average Bonchev–Trinajstić information content (AvgIpc) is 3.26. The quantitative estimate of drug-likeness (QED) is 0.198. The first-order valence-corrected chi connectivity index (χ1v) is 13.3. The normalized spacial score (nSPS) is 12.3. The van der Waals surface area contributed by atoms with Crippen molar-refractivity contribution in [3.63, 3.8) is 0 Å². The summed E-state index contributed by atoms with van der Waals surface area (Å²) in [5.41, 5.74) is -0.262. The molecule has 0 fully saturated rings. The highest BCUT2D eigenvalue weighted by atomic mass is 35.5. The van der Waals surface area contributed by atoms with Crippen molar-refractivity contribution in [2.24, 2.45) is 0 Å². The van der Waals surface area contributed by atoms with E-state index < -0.39 is 73.2 Å². The molecule has 0 aliphatic heterocycles. The van der Waals surface area contributed by atoms with Gasteiger partial charge in [-0.15, -0.1) is 10.8 Å². The number of nitrogens with zero attached hydrogens (tertiary/aromatic N) is 3. The number of alkyl carbamates (subject to hydrolysis) is 1. The predicted octanol–water partition coefficient (Wildman–Crippen LogP) is 5.96. The molecule has 2 N–H and O–H groups in total. The second-order valence-electron chi connectivity index (χ2n) is 9.18. The summed E-state index contributed by atoms with van der Waals surface area (Å²) in [7, 11) is 0. The minimum absolute atomic E-state index is 0.161. The first-order valence-electron chi connectivity index (χ1n) is 12.9. The van der Waals surface area contributed by atoms with Crippen molar-refractivity contribution in [2.75, 3.05) is 13.2 Å². The van der Waals surface area contributed by atoms with Crippen molar-refractivity contribution in [3.05, 3.63) is 87.5 Å². The first kappa shape index (κ1) is 34.0. The van der Waals surface area contributed by atoms with E-state index in [1.165, 1.54) is 30.3 Å². The smallest absolute Gasteiger partial charge is 0.416 e. The lowest BCUT2D eigenvalue weighted by molar-refractivity contribution is -0.139. The van der Waals surface area contributed by atoms with Gasteiger partial charge in [0.05, 0.1) is 17.3 Å². The van der Waals surface area contributed by atoms with Gasteiger partial charge >= 0.3 is 24.1 Å². The summed E-state index contributed by atoms with van der Waals surface area (Å²) in [5, 5.41) is 9.08. The number of carbonyl (C=O) groups excluding carboxylic acids is 2. The molecular formula is C28H26ClF6N5O4. The van der Waals surface area contributed by atoms with Gasteiger partial charge in [0.1, 0.15) is 13.2 Å². The molecular weight excluding hydrogens is 620 g/mol. The first-order chi connectivity index (χ1) is 20.6. The third-order valence-corrected chi connectivity index (χ3v) is 6.29. The van der Waals surface area contributed by atoms with Crippen LogP contribution in [0.15, 0.2) is 65.6 Å². The van der Waals surface area contributed by atoms with E-state index in [9.17, 15) is 40.7 Å². The predicted molar refractivity (Wildman–Crippen MR) is 148 cm³/mol. The third-order valence-electron chi connectivity index (χ3n) is 6.03. The maximum absolute atomic E-state index is 13.8. The molecule has 0 aliphatic carbocycles. The molecule has 3 aromatic rings. The average molecular weight is 646 g/mol. The minimum Gasteiger partial charge on any atom is -0.447 e. The fourth-order valence-corrected chi connectivity index (χ4v) is 4.20. The molecule has 0 saturated carbocycles. The lowest BCUT2D eigenvalue weighted by atomic mass is 10.00. The molecule has 16 heteroatoms. The van der Waals surface area contributed by atoms with Crippen LogP contribution in [0.3, 0.4) is 0 Å². The van der Waals surface area contributed by atoms with Gasteiger partial charge < -0.3 is 15.4 Å².